The standard InChI is InChI=1S/C22H42N2O/c1-4-18-24(22(25)20-21(2)3)19-16-14-12-10-8-6-5-7-9-11-13-15-17-23/h21H,4-16,18-20H2,1-3H3. The zero-order chi connectivity index (χ0) is 18.8. The van der Waals surface area contributed by atoms with Gasteiger partial charge in [-0.15, -0.1) is 0 Å². The number of amides is 1. The molecule has 0 saturated heterocycles. The Morgan fingerprint density at radius 2 is 1.32 bits per heavy atom. The van der Waals surface area contributed by atoms with E-state index in [0.717, 1.165) is 38.8 Å². The molecule has 0 heterocycles. The van der Waals surface area contributed by atoms with E-state index >= 15 is 0 Å². The number of carbonyl (C=O) groups excluding carboxylic acids is 1. The molecule has 0 aliphatic heterocycles. The maximum absolute atomic E-state index is 12.2. The van der Waals surface area contributed by atoms with Crippen LogP contribution in [-0.2, 0) is 4.79 Å². The fourth-order valence-corrected chi connectivity index (χ4v) is 3.21. The van der Waals surface area contributed by atoms with Crippen LogP contribution in [0.1, 0.15) is 111 Å². The molecule has 25 heavy (non-hydrogen) atoms. The van der Waals surface area contributed by atoms with Crippen LogP contribution in [0.15, 0.2) is 0 Å². The molecule has 0 aliphatic carbocycles. The number of rotatable bonds is 17. The Labute approximate surface area is 157 Å². The van der Waals surface area contributed by atoms with Crippen LogP contribution in [0.25, 0.3) is 0 Å². The number of hydrogen-bond donors (Lipinski definition) is 0. The van der Waals surface area contributed by atoms with Crippen LogP contribution < -0.4 is 0 Å². The van der Waals surface area contributed by atoms with Crippen LogP contribution in [0.4, 0.5) is 0 Å². The van der Waals surface area contributed by atoms with E-state index in [9.17, 15) is 4.79 Å². The molecule has 3 nitrogen and oxygen atoms in total. The van der Waals surface area contributed by atoms with Gasteiger partial charge in [0.25, 0.3) is 0 Å². The Balaban J connectivity index is 3.48. The fraction of sp³-hybridized carbons (Fsp3) is 0.909. The average Bonchev–Trinajstić information content (AvgIpc) is 2.57. The molecule has 0 aromatic heterocycles. The van der Waals surface area contributed by atoms with E-state index in [2.05, 4.69) is 31.7 Å². The lowest BCUT2D eigenvalue weighted by atomic mass is 10.0. The van der Waals surface area contributed by atoms with Gasteiger partial charge >= 0.3 is 0 Å². The first-order valence-corrected chi connectivity index (χ1v) is 10.8. The van der Waals surface area contributed by atoms with Crippen molar-refractivity contribution in [2.45, 2.75) is 111 Å². The molecule has 0 radical (unpaired) electrons. The molecule has 3 heteroatoms. The Morgan fingerprint density at radius 1 is 0.840 bits per heavy atom. The number of carbonyl (C=O) groups is 1. The molecule has 0 fully saturated rings. The van der Waals surface area contributed by atoms with Crippen LogP contribution in [0, 0.1) is 17.2 Å². The van der Waals surface area contributed by atoms with Crippen molar-refractivity contribution in [2.75, 3.05) is 13.1 Å². The summed E-state index contributed by atoms with van der Waals surface area (Å²) in [6.45, 7) is 8.25. The maximum atomic E-state index is 12.2. The molecule has 0 rings (SSSR count). The molecular weight excluding hydrogens is 308 g/mol. The molecule has 0 unspecified atom stereocenters. The van der Waals surface area contributed by atoms with Gasteiger partial charge < -0.3 is 4.90 Å². The largest absolute Gasteiger partial charge is 0.343 e. The van der Waals surface area contributed by atoms with Crippen LogP contribution in [-0.4, -0.2) is 23.9 Å². The van der Waals surface area contributed by atoms with Gasteiger partial charge in [-0.25, -0.2) is 0 Å². The van der Waals surface area contributed by atoms with Gasteiger partial charge in [-0.2, -0.15) is 5.26 Å². The predicted octanol–water partition coefficient (Wildman–Crippen LogP) is 6.48. The molecular formula is C22H42N2O. The zero-order valence-corrected chi connectivity index (χ0v) is 17.2. The second kappa shape index (κ2) is 17.8. The molecule has 0 N–H and O–H groups in total. The van der Waals surface area contributed by atoms with E-state index < -0.39 is 0 Å². The van der Waals surface area contributed by atoms with Gasteiger partial charge in [0, 0.05) is 25.9 Å². The van der Waals surface area contributed by atoms with E-state index in [1.807, 2.05) is 0 Å². The molecule has 0 spiro atoms. The van der Waals surface area contributed by atoms with Crippen molar-refractivity contribution in [3.63, 3.8) is 0 Å². The van der Waals surface area contributed by atoms with E-state index in [1.165, 1.54) is 57.8 Å². The van der Waals surface area contributed by atoms with E-state index in [1.54, 1.807) is 0 Å². The van der Waals surface area contributed by atoms with Crippen molar-refractivity contribution >= 4 is 5.91 Å². The summed E-state index contributed by atoms with van der Waals surface area (Å²) in [5.74, 6) is 0.796. The van der Waals surface area contributed by atoms with Gasteiger partial charge in [0.05, 0.1) is 6.07 Å². The topological polar surface area (TPSA) is 44.1 Å². The lowest BCUT2D eigenvalue weighted by Crippen LogP contribution is -2.33. The SMILES string of the molecule is CCCN(CCCCCCCCCCCCCC#N)C(=O)CC(C)C. The van der Waals surface area contributed by atoms with Crippen molar-refractivity contribution in [2.24, 2.45) is 5.92 Å². The van der Waals surface area contributed by atoms with Crippen molar-refractivity contribution < 1.29 is 4.79 Å². The molecule has 0 bridgehead atoms. The Bertz CT molecular complexity index is 346. The summed E-state index contributed by atoms with van der Waals surface area (Å²) in [5.41, 5.74) is 0. The first-order chi connectivity index (χ1) is 12.1. The molecule has 0 aromatic carbocycles. The van der Waals surface area contributed by atoms with Crippen molar-refractivity contribution in [1.82, 2.24) is 4.90 Å². The molecule has 0 aromatic rings. The second-order valence-electron chi connectivity index (χ2n) is 7.78. The van der Waals surface area contributed by atoms with Gasteiger partial charge in [-0.3, -0.25) is 4.79 Å². The van der Waals surface area contributed by atoms with E-state index in [0.29, 0.717) is 18.2 Å². The normalized spacial score (nSPS) is 10.8. The third-order valence-corrected chi connectivity index (χ3v) is 4.65. The van der Waals surface area contributed by atoms with Crippen LogP contribution in [0.3, 0.4) is 0 Å². The van der Waals surface area contributed by atoms with Crippen LogP contribution >= 0.6 is 0 Å². The average molecular weight is 351 g/mol. The van der Waals surface area contributed by atoms with Gasteiger partial charge in [-0.1, -0.05) is 78.6 Å². The Morgan fingerprint density at radius 3 is 1.76 bits per heavy atom. The van der Waals surface area contributed by atoms with Gasteiger partial charge in [0.1, 0.15) is 0 Å². The highest BCUT2D eigenvalue weighted by molar-refractivity contribution is 5.76. The smallest absolute Gasteiger partial charge is 0.222 e. The minimum Gasteiger partial charge on any atom is -0.343 e. The number of hydrogen-bond acceptors (Lipinski definition) is 2. The summed E-state index contributed by atoms with van der Waals surface area (Å²) >= 11 is 0. The minimum absolute atomic E-state index is 0.339. The first-order valence-electron chi connectivity index (χ1n) is 10.8. The molecule has 0 aliphatic rings. The summed E-state index contributed by atoms with van der Waals surface area (Å²) in [4.78, 5) is 14.3. The molecule has 146 valence electrons. The van der Waals surface area contributed by atoms with Crippen LogP contribution in [0.2, 0.25) is 0 Å². The van der Waals surface area contributed by atoms with E-state index in [-0.39, 0.29) is 0 Å². The third-order valence-electron chi connectivity index (χ3n) is 4.65. The number of nitriles is 1. The lowest BCUT2D eigenvalue weighted by molar-refractivity contribution is -0.132. The van der Waals surface area contributed by atoms with Gasteiger partial charge in [0.15, 0.2) is 0 Å². The quantitative estimate of drug-likeness (QED) is 0.282. The first kappa shape index (κ1) is 24.0. The third kappa shape index (κ3) is 16.2. The van der Waals surface area contributed by atoms with Crippen molar-refractivity contribution in [1.29, 1.82) is 5.26 Å². The summed E-state index contributed by atoms with van der Waals surface area (Å²) in [7, 11) is 0. The summed E-state index contributed by atoms with van der Waals surface area (Å²) in [6, 6.07) is 2.21. The Kier molecular flexibility index (Phi) is 17.0. The molecule has 0 saturated carbocycles. The second-order valence-corrected chi connectivity index (χ2v) is 7.78. The zero-order valence-electron chi connectivity index (χ0n) is 17.2. The fourth-order valence-electron chi connectivity index (χ4n) is 3.21. The van der Waals surface area contributed by atoms with Crippen LogP contribution in [0.5, 0.6) is 0 Å². The Hall–Kier alpha value is -1.04. The molecule has 1 amide bonds. The maximum Gasteiger partial charge on any atom is 0.222 e. The summed E-state index contributed by atoms with van der Waals surface area (Å²) < 4.78 is 0. The monoisotopic (exact) mass is 350 g/mol. The minimum atomic E-state index is 0.339. The molecule has 0 atom stereocenters. The summed E-state index contributed by atoms with van der Waals surface area (Å²) in [6.07, 6.45) is 16.5. The summed E-state index contributed by atoms with van der Waals surface area (Å²) in [5, 5.41) is 8.48. The highest BCUT2D eigenvalue weighted by Gasteiger charge is 2.13. The van der Waals surface area contributed by atoms with E-state index in [4.69, 9.17) is 5.26 Å². The number of unbranched alkanes of at least 4 members (excludes halogenated alkanes) is 11. The highest BCUT2D eigenvalue weighted by Crippen LogP contribution is 2.13. The predicted molar refractivity (Wildman–Crippen MR) is 107 cm³/mol. The highest BCUT2D eigenvalue weighted by atomic mass is 16.2. The van der Waals surface area contributed by atoms with Gasteiger partial charge in [-0.05, 0) is 25.2 Å². The van der Waals surface area contributed by atoms with Gasteiger partial charge in [0.2, 0.25) is 5.91 Å². The van der Waals surface area contributed by atoms with Crippen molar-refractivity contribution in [3.05, 3.63) is 0 Å². The van der Waals surface area contributed by atoms with Crippen molar-refractivity contribution in [3.8, 4) is 6.07 Å². The number of nitrogens with zero attached hydrogens (tertiary/aromatic N) is 2. The lowest BCUT2D eigenvalue weighted by Gasteiger charge is -2.23.